The summed E-state index contributed by atoms with van der Waals surface area (Å²) >= 11 is 0. The quantitative estimate of drug-likeness (QED) is 0.0376. The second-order valence-corrected chi connectivity index (χ2v) is 22.1. The molecule has 432 valence electrons. The van der Waals surface area contributed by atoms with Crippen molar-refractivity contribution in [1.29, 1.82) is 0 Å². The van der Waals surface area contributed by atoms with Crippen LogP contribution in [0, 0.1) is 23.7 Å². The molecule has 0 aliphatic heterocycles. The van der Waals surface area contributed by atoms with Gasteiger partial charge in [-0.1, -0.05) is 128 Å². The summed E-state index contributed by atoms with van der Waals surface area (Å²) in [7, 11) is 0. The Kier molecular flexibility index (Phi) is 32.4. The third-order valence-electron chi connectivity index (χ3n) is 15.4. The number of rotatable bonds is 23. The van der Waals surface area contributed by atoms with Gasteiger partial charge < -0.3 is 55.5 Å². The average Bonchev–Trinajstić information content (AvgIpc) is 3.46. The van der Waals surface area contributed by atoms with Gasteiger partial charge in [-0.25, -0.2) is 0 Å². The van der Waals surface area contributed by atoms with Gasteiger partial charge in [-0.2, -0.15) is 0 Å². The highest BCUT2D eigenvalue weighted by Gasteiger charge is 2.22. The molecule has 0 bridgehead atoms. The van der Waals surface area contributed by atoms with E-state index in [1.165, 1.54) is 64.2 Å². The third-order valence-corrected chi connectivity index (χ3v) is 15.4. The fraction of sp³-hybridized carbons (Fsp3) is 0.636. The lowest BCUT2D eigenvalue weighted by molar-refractivity contribution is 0.0807. The van der Waals surface area contributed by atoms with Gasteiger partial charge in [-0.05, 0) is 185 Å². The standard InChI is InChI=1S/C17H26O3.C16H25NO3.C16H25NO.C16H24O2.CH4/c1-2-5-17(19)14-7-4-9-16(11-14)20-12-13-6-3-8-15(18)10-13;17-8-7-16(19)13-4-2-6-15(10-13)20-11-12-3-1-5-14(18)9-12;1-2-11-17-15-9-6-10-16(12-15)18-13-14-7-4-3-5-8-14;1-2-16(17)14-9-6-10-15(11-14)18-12-13-7-4-3-5-8-13;/h4,7,9,11,13,15,17-19H,2-3,5-6,8,10,12H2,1H3;2,4,6,10,12,14,16,18-19H,1,3,5,7-9,11,17H2;6,9-10,12,14,17H,2-5,7-8,11,13H2,1H3;6,9-11,13,16-17H,2-5,7-8,12H2,1H3;1H4/t13-,15+,17+;12-,14+,16-;;;/m01.../s1. The molecule has 11 nitrogen and oxygen atoms in total. The minimum absolute atomic E-state index is 0. The lowest BCUT2D eigenvalue weighted by Gasteiger charge is -2.25. The number of aliphatic hydroxyl groups is 5. The van der Waals surface area contributed by atoms with Crippen LogP contribution in [-0.4, -0.2) is 77.3 Å². The summed E-state index contributed by atoms with van der Waals surface area (Å²) in [5.74, 6) is 5.85. The molecule has 0 amide bonds. The van der Waals surface area contributed by atoms with E-state index in [2.05, 4.69) is 43.4 Å². The molecule has 8 N–H and O–H groups in total. The van der Waals surface area contributed by atoms with Gasteiger partial charge in [0.1, 0.15) is 23.0 Å². The molecule has 4 fully saturated rings. The first-order chi connectivity index (χ1) is 37.0. The molecule has 4 aliphatic rings. The predicted octanol–water partition coefficient (Wildman–Crippen LogP) is 14.6. The van der Waals surface area contributed by atoms with Crippen molar-refractivity contribution >= 4 is 5.69 Å². The number of hydrogen-bond donors (Lipinski definition) is 7. The fourth-order valence-corrected chi connectivity index (χ4v) is 10.8. The molecule has 4 aliphatic carbocycles. The minimum Gasteiger partial charge on any atom is -0.493 e. The SMILES string of the molecule is C.CCC(O)c1cccc(OCC2CCCCC2)c1.CCCNc1cccc(OCC2CCCCC2)c1.CCC[C@@H](O)c1cccc(OC[C@H]2CCC[C@@H](O)C2)c1.NCC[C@@H](O)c1cccc(OC[C@@H]2CCC[C@H](O)C2)c1. The number of anilines is 1. The number of nitrogens with one attached hydrogen (secondary N) is 1. The van der Waals surface area contributed by atoms with Crippen LogP contribution in [0.4, 0.5) is 5.69 Å². The predicted molar refractivity (Wildman–Crippen MR) is 316 cm³/mol. The molecule has 7 atom stereocenters. The van der Waals surface area contributed by atoms with E-state index in [9.17, 15) is 25.5 Å². The molecule has 0 saturated heterocycles. The zero-order valence-electron chi connectivity index (χ0n) is 46.9. The van der Waals surface area contributed by atoms with E-state index in [1.54, 1.807) is 0 Å². The summed E-state index contributed by atoms with van der Waals surface area (Å²) in [5, 5.41) is 52.5. The first-order valence-electron chi connectivity index (χ1n) is 29.8. The number of nitrogens with two attached hydrogens (primary N) is 1. The van der Waals surface area contributed by atoms with Crippen LogP contribution < -0.4 is 30.0 Å². The second-order valence-electron chi connectivity index (χ2n) is 22.1. The molecule has 8 rings (SSSR count). The Morgan fingerprint density at radius 3 is 1.26 bits per heavy atom. The highest BCUT2D eigenvalue weighted by Crippen LogP contribution is 2.31. The van der Waals surface area contributed by atoms with Crippen molar-refractivity contribution in [3.8, 4) is 23.0 Å². The number of aliphatic hydroxyl groups excluding tert-OH is 5. The normalized spacial score (nSPS) is 20.8. The Morgan fingerprint density at radius 2 is 0.857 bits per heavy atom. The first kappa shape index (κ1) is 65.2. The van der Waals surface area contributed by atoms with Gasteiger partial charge in [0, 0.05) is 18.3 Å². The van der Waals surface area contributed by atoms with Gasteiger partial charge in [0.15, 0.2) is 0 Å². The van der Waals surface area contributed by atoms with E-state index >= 15 is 0 Å². The molecule has 77 heavy (non-hydrogen) atoms. The van der Waals surface area contributed by atoms with Crippen LogP contribution in [0.15, 0.2) is 97.1 Å². The van der Waals surface area contributed by atoms with E-state index in [0.717, 1.165) is 154 Å². The molecule has 4 aromatic rings. The van der Waals surface area contributed by atoms with Crippen molar-refractivity contribution in [2.24, 2.45) is 29.4 Å². The molecule has 1 unspecified atom stereocenters. The maximum atomic E-state index is 10.0. The smallest absolute Gasteiger partial charge is 0.121 e. The van der Waals surface area contributed by atoms with E-state index in [-0.39, 0.29) is 25.7 Å². The van der Waals surface area contributed by atoms with Crippen molar-refractivity contribution < 1.29 is 44.5 Å². The van der Waals surface area contributed by atoms with Gasteiger partial charge in [0.25, 0.3) is 0 Å². The maximum Gasteiger partial charge on any atom is 0.121 e. The average molecular weight is 1070 g/mol. The number of benzene rings is 4. The second kappa shape index (κ2) is 38.3. The zero-order chi connectivity index (χ0) is 54.2. The molecule has 0 radical (unpaired) electrons. The van der Waals surface area contributed by atoms with Crippen molar-refractivity contribution in [1.82, 2.24) is 0 Å². The van der Waals surface area contributed by atoms with Gasteiger partial charge in [-0.15, -0.1) is 0 Å². The maximum absolute atomic E-state index is 10.0. The molecular formula is C66H104N2O9. The first-order valence-corrected chi connectivity index (χ1v) is 29.8. The van der Waals surface area contributed by atoms with Crippen LogP contribution in [0.1, 0.15) is 211 Å². The van der Waals surface area contributed by atoms with Crippen LogP contribution in [-0.2, 0) is 0 Å². The molecular weight excluding hydrogens is 965 g/mol. The van der Waals surface area contributed by atoms with Crippen molar-refractivity contribution in [3.05, 3.63) is 114 Å². The van der Waals surface area contributed by atoms with Gasteiger partial charge in [0.2, 0.25) is 0 Å². The number of hydrogen-bond acceptors (Lipinski definition) is 11. The Balaban J connectivity index is 0.000000221. The third kappa shape index (κ3) is 26.0. The summed E-state index contributed by atoms with van der Waals surface area (Å²) in [6.45, 7) is 10.7. The summed E-state index contributed by atoms with van der Waals surface area (Å²) in [6, 6.07) is 31.5. The van der Waals surface area contributed by atoms with Gasteiger partial charge >= 0.3 is 0 Å². The monoisotopic (exact) mass is 1070 g/mol. The molecule has 0 spiro atoms. The molecule has 11 heteroatoms. The van der Waals surface area contributed by atoms with E-state index in [1.807, 2.05) is 79.7 Å². The van der Waals surface area contributed by atoms with Crippen LogP contribution in [0.2, 0.25) is 0 Å². The van der Waals surface area contributed by atoms with Gasteiger partial charge in [0.05, 0.1) is 56.9 Å². The Bertz CT molecular complexity index is 2030. The molecule has 4 saturated carbocycles. The summed E-state index contributed by atoms with van der Waals surface area (Å²) in [6.07, 6.45) is 24.0. The van der Waals surface area contributed by atoms with Crippen LogP contribution in [0.3, 0.4) is 0 Å². The van der Waals surface area contributed by atoms with E-state index in [0.29, 0.717) is 38.0 Å². The highest BCUT2D eigenvalue weighted by molar-refractivity contribution is 5.48. The molecule has 0 heterocycles. The van der Waals surface area contributed by atoms with Crippen molar-refractivity contribution in [3.63, 3.8) is 0 Å². The minimum atomic E-state index is -0.528. The van der Waals surface area contributed by atoms with Crippen molar-refractivity contribution in [2.45, 2.75) is 206 Å². The fourth-order valence-electron chi connectivity index (χ4n) is 10.8. The van der Waals surface area contributed by atoms with Crippen LogP contribution in [0.5, 0.6) is 23.0 Å². The van der Waals surface area contributed by atoms with E-state index in [4.69, 9.17) is 24.7 Å². The highest BCUT2D eigenvalue weighted by atomic mass is 16.5. The van der Waals surface area contributed by atoms with Crippen molar-refractivity contribution in [2.75, 3.05) is 44.8 Å². The zero-order valence-corrected chi connectivity index (χ0v) is 46.9. The Hall–Kier alpha value is -4.36. The molecule has 4 aromatic carbocycles. The molecule has 0 aromatic heterocycles. The number of ether oxygens (including phenoxy) is 4. The lowest BCUT2D eigenvalue weighted by atomic mass is 9.88. The largest absolute Gasteiger partial charge is 0.493 e. The van der Waals surface area contributed by atoms with E-state index < -0.39 is 12.2 Å². The summed E-state index contributed by atoms with van der Waals surface area (Å²) in [4.78, 5) is 0. The Labute approximate surface area is 465 Å². The summed E-state index contributed by atoms with van der Waals surface area (Å²) < 4.78 is 23.4. The van der Waals surface area contributed by atoms with Gasteiger partial charge in [-0.3, -0.25) is 0 Å². The lowest BCUT2D eigenvalue weighted by Crippen LogP contribution is -2.24. The Morgan fingerprint density at radius 1 is 0.468 bits per heavy atom. The summed E-state index contributed by atoms with van der Waals surface area (Å²) in [5.41, 5.74) is 9.35. The van der Waals surface area contributed by atoms with Crippen LogP contribution in [0.25, 0.3) is 0 Å². The van der Waals surface area contributed by atoms with Crippen LogP contribution >= 0.6 is 0 Å². The topological polar surface area (TPSA) is 176 Å².